The lowest BCUT2D eigenvalue weighted by Crippen LogP contribution is -2.52. The van der Waals surface area contributed by atoms with Gasteiger partial charge in [0, 0.05) is 13.6 Å². The summed E-state index contributed by atoms with van der Waals surface area (Å²) in [5.41, 5.74) is 0. The Bertz CT molecular complexity index is 299. The second-order valence-corrected chi connectivity index (χ2v) is 4.45. The van der Waals surface area contributed by atoms with Crippen molar-refractivity contribution in [2.75, 3.05) is 26.7 Å². The predicted octanol–water partition coefficient (Wildman–Crippen LogP) is 1.64. The van der Waals surface area contributed by atoms with Crippen molar-refractivity contribution in [1.29, 1.82) is 0 Å². The largest absolute Gasteiger partial charge is 0.463 e. The highest BCUT2D eigenvalue weighted by atomic mass is 19.4. The molecule has 0 aliphatic carbocycles. The molecule has 8 heteroatoms. The van der Waals surface area contributed by atoms with E-state index in [1.807, 2.05) is 0 Å². The fraction of sp³-hybridized carbons (Fsp3) is 0.900. The molecular formula is C10H15F5N2O. The van der Waals surface area contributed by atoms with E-state index in [-0.39, 0.29) is 12.5 Å². The minimum Gasteiger partial charge on any atom is -0.340 e. The monoisotopic (exact) mass is 274 g/mol. The number of hydrogen-bond donors (Lipinski definition) is 1. The number of nitrogens with one attached hydrogen (secondary N) is 1. The fourth-order valence-electron chi connectivity index (χ4n) is 1.90. The maximum Gasteiger partial charge on any atom is 0.463 e. The second-order valence-electron chi connectivity index (χ2n) is 4.45. The summed E-state index contributed by atoms with van der Waals surface area (Å²) >= 11 is 0. The van der Waals surface area contributed by atoms with Crippen LogP contribution in [0.3, 0.4) is 0 Å². The standard InChI is InChI=1S/C10H15F5N2O/c1-17(6-7-2-4-16-5-3-7)8(18)9(11,12)10(13,14)15/h7,16H,2-6H2,1H3. The van der Waals surface area contributed by atoms with Crippen LogP contribution in [0.15, 0.2) is 0 Å². The molecule has 3 nitrogen and oxygen atoms in total. The van der Waals surface area contributed by atoms with Gasteiger partial charge in [0.15, 0.2) is 0 Å². The van der Waals surface area contributed by atoms with Crippen molar-refractivity contribution in [3.63, 3.8) is 0 Å². The van der Waals surface area contributed by atoms with Gasteiger partial charge in [0.1, 0.15) is 0 Å². The van der Waals surface area contributed by atoms with E-state index in [9.17, 15) is 26.7 Å². The number of nitrogens with zero attached hydrogens (tertiary/aromatic N) is 1. The Morgan fingerprint density at radius 3 is 2.17 bits per heavy atom. The topological polar surface area (TPSA) is 32.3 Å². The van der Waals surface area contributed by atoms with Gasteiger partial charge in [0.05, 0.1) is 0 Å². The van der Waals surface area contributed by atoms with E-state index in [4.69, 9.17) is 0 Å². The highest BCUT2D eigenvalue weighted by molar-refractivity contribution is 5.84. The van der Waals surface area contributed by atoms with Gasteiger partial charge < -0.3 is 10.2 Å². The number of carbonyl (C=O) groups excluding carboxylic acids is 1. The summed E-state index contributed by atoms with van der Waals surface area (Å²) in [5, 5.41) is 3.04. The average Bonchev–Trinajstić information content (AvgIpc) is 2.27. The van der Waals surface area contributed by atoms with Crippen molar-refractivity contribution in [2.45, 2.75) is 24.9 Å². The molecule has 0 unspecified atom stereocenters. The molecule has 0 aromatic rings. The lowest BCUT2D eigenvalue weighted by molar-refractivity contribution is -0.274. The number of amides is 1. The summed E-state index contributed by atoms with van der Waals surface area (Å²) in [4.78, 5) is 11.6. The predicted molar refractivity (Wildman–Crippen MR) is 54.2 cm³/mol. The van der Waals surface area contributed by atoms with Crippen LogP contribution in [0.1, 0.15) is 12.8 Å². The Morgan fingerprint density at radius 2 is 1.72 bits per heavy atom. The number of halogens is 5. The van der Waals surface area contributed by atoms with Gasteiger partial charge in [0.25, 0.3) is 0 Å². The number of hydrogen-bond acceptors (Lipinski definition) is 2. The van der Waals surface area contributed by atoms with Crippen LogP contribution in [-0.4, -0.2) is 49.6 Å². The van der Waals surface area contributed by atoms with Gasteiger partial charge >= 0.3 is 18.0 Å². The van der Waals surface area contributed by atoms with Gasteiger partial charge in [-0.2, -0.15) is 22.0 Å². The molecule has 1 saturated heterocycles. The number of alkyl halides is 5. The second kappa shape index (κ2) is 5.38. The quantitative estimate of drug-likeness (QED) is 0.794. The summed E-state index contributed by atoms with van der Waals surface area (Å²) in [5.74, 6) is -7.54. The molecule has 18 heavy (non-hydrogen) atoms. The smallest absolute Gasteiger partial charge is 0.340 e. The van der Waals surface area contributed by atoms with Crippen molar-refractivity contribution in [3.8, 4) is 0 Å². The van der Waals surface area contributed by atoms with Crippen LogP contribution < -0.4 is 5.32 Å². The van der Waals surface area contributed by atoms with E-state index in [1.54, 1.807) is 0 Å². The highest BCUT2D eigenvalue weighted by Gasteiger charge is 2.64. The van der Waals surface area contributed by atoms with Crippen LogP contribution in [0.25, 0.3) is 0 Å². The molecule has 0 aromatic carbocycles. The number of piperidine rings is 1. The van der Waals surface area contributed by atoms with E-state index in [0.717, 1.165) is 7.05 Å². The summed E-state index contributed by atoms with van der Waals surface area (Å²) in [7, 11) is 0.976. The average molecular weight is 274 g/mol. The van der Waals surface area contributed by atoms with Crippen molar-refractivity contribution in [3.05, 3.63) is 0 Å². The Kier molecular flexibility index (Phi) is 4.52. The SMILES string of the molecule is CN(CC1CCNCC1)C(=O)C(F)(F)C(F)(F)F. The van der Waals surface area contributed by atoms with E-state index < -0.39 is 18.0 Å². The minimum absolute atomic E-state index is 0.0377. The lowest BCUT2D eigenvalue weighted by atomic mass is 9.97. The molecule has 0 bridgehead atoms. The third-order valence-corrected chi connectivity index (χ3v) is 2.96. The van der Waals surface area contributed by atoms with Crippen LogP contribution in [0, 0.1) is 5.92 Å². The van der Waals surface area contributed by atoms with Crippen molar-refractivity contribution >= 4 is 5.91 Å². The van der Waals surface area contributed by atoms with Crippen LogP contribution in [0.2, 0.25) is 0 Å². The first-order valence-electron chi connectivity index (χ1n) is 5.57. The van der Waals surface area contributed by atoms with Gasteiger partial charge in [-0.3, -0.25) is 4.79 Å². The first kappa shape index (κ1) is 15.1. The van der Waals surface area contributed by atoms with Gasteiger partial charge in [-0.25, -0.2) is 0 Å². The molecule has 0 atom stereocenters. The molecule has 1 aliphatic rings. The third-order valence-electron chi connectivity index (χ3n) is 2.96. The Hall–Kier alpha value is -0.920. The van der Waals surface area contributed by atoms with E-state index in [2.05, 4.69) is 5.32 Å². The Morgan fingerprint density at radius 1 is 1.22 bits per heavy atom. The normalized spacial score (nSPS) is 18.8. The Labute approximate surface area is 101 Å². The van der Waals surface area contributed by atoms with Crippen LogP contribution in [0.4, 0.5) is 22.0 Å². The zero-order valence-electron chi connectivity index (χ0n) is 9.86. The zero-order chi connectivity index (χ0) is 14.0. The van der Waals surface area contributed by atoms with E-state index in [0.29, 0.717) is 30.8 Å². The summed E-state index contributed by atoms with van der Waals surface area (Å²) < 4.78 is 61.6. The van der Waals surface area contributed by atoms with E-state index >= 15 is 0 Å². The van der Waals surface area contributed by atoms with Gasteiger partial charge in [0.2, 0.25) is 0 Å². The molecular weight excluding hydrogens is 259 g/mol. The molecule has 1 heterocycles. The molecule has 1 N–H and O–H groups in total. The molecule has 1 amide bonds. The molecule has 1 fully saturated rings. The number of rotatable bonds is 3. The first-order valence-corrected chi connectivity index (χ1v) is 5.57. The first-order chi connectivity index (χ1) is 8.16. The minimum atomic E-state index is -5.84. The maximum atomic E-state index is 12.8. The van der Waals surface area contributed by atoms with Gasteiger partial charge in [-0.1, -0.05) is 0 Å². The van der Waals surface area contributed by atoms with Crippen molar-refractivity contribution in [1.82, 2.24) is 10.2 Å². The molecule has 0 spiro atoms. The van der Waals surface area contributed by atoms with Gasteiger partial charge in [-0.05, 0) is 31.8 Å². The molecule has 1 aliphatic heterocycles. The van der Waals surface area contributed by atoms with Crippen LogP contribution in [-0.2, 0) is 4.79 Å². The molecule has 1 rings (SSSR count). The number of carbonyl (C=O) groups is 1. The summed E-state index contributed by atoms with van der Waals surface area (Å²) in [6.45, 7) is 1.29. The third kappa shape index (κ3) is 3.30. The molecule has 106 valence electrons. The summed E-state index contributed by atoms with van der Waals surface area (Å²) in [6, 6.07) is 0. The van der Waals surface area contributed by atoms with E-state index in [1.165, 1.54) is 0 Å². The van der Waals surface area contributed by atoms with Gasteiger partial charge in [-0.15, -0.1) is 0 Å². The van der Waals surface area contributed by atoms with Crippen molar-refractivity contribution < 1.29 is 26.7 Å². The lowest BCUT2D eigenvalue weighted by Gasteiger charge is -2.30. The molecule has 0 aromatic heterocycles. The summed E-state index contributed by atoms with van der Waals surface area (Å²) in [6.07, 6.45) is -4.52. The van der Waals surface area contributed by atoms with Crippen LogP contribution in [0.5, 0.6) is 0 Å². The molecule has 0 saturated carbocycles. The highest BCUT2D eigenvalue weighted by Crippen LogP contribution is 2.36. The fourth-order valence-corrected chi connectivity index (χ4v) is 1.90. The molecule has 0 radical (unpaired) electrons. The van der Waals surface area contributed by atoms with Crippen LogP contribution >= 0.6 is 0 Å². The Balaban J connectivity index is 2.60. The maximum absolute atomic E-state index is 12.8. The zero-order valence-corrected chi connectivity index (χ0v) is 9.86. The van der Waals surface area contributed by atoms with Crippen molar-refractivity contribution in [2.24, 2.45) is 5.92 Å².